The number of piperidine rings is 1. The first-order chi connectivity index (χ1) is 8.93. The van der Waals surface area contributed by atoms with Crippen LogP contribution in [-0.4, -0.2) is 20.1 Å². The van der Waals surface area contributed by atoms with Crippen molar-refractivity contribution in [3.05, 3.63) is 28.2 Å². The molecular weight excluding hydrogens is 300 g/mol. The van der Waals surface area contributed by atoms with Crippen LogP contribution >= 0.6 is 15.9 Å². The Balaban J connectivity index is 2.21. The van der Waals surface area contributed by atoms with Crippen molar-refractivity contribution in [2.45, 2.75) is 39.7 Å². The summed E-state index contributed by atoms with van der Waals surface area (Å²) in [7, 11) is 2.00. The molecule has 0 aromatic heterocycles. The molecule has 1 aromatic carbocycles. The van der Waals surface area contributed by atoms with Crippen molar-refractivity contribution in [1.29, 1.82) is 0 Å². The molecule has 0 spiro atoms. The molecule has 1 N–H and O–H groups in total. The molecule has 1 heterocycles. The summed E-state index contributed by atoms with van der Waals surface area (Å²) in [5, 5.41) is 3.29. The van der Waals surface area contributed by atoms with Crippen LogP contribution < -0.4 is 10.2 Å². The van der Waals surface area contributed by atoms with Crippen LogP contribution in [0.25, 0.3) is 0 Å². The van der Waals surface area contributed by atoms with Crippen molar-refractivity contribution in [2.24, 2.45) is 5.41 Å². The lowest BCUT2D eigenvalue weighted by Crippen LogP contribution is -2.40. The molecule has 0 radical (unpaired) electrons. The number of benzene rings is 1. The Labute approximate surface area is 125 Å². The molecule has 2 nitrogen and oxygen atoms in total. The van der Waals surface area contributed by atoms with Gasteiger partial charge in [-0.2, -0.15) is 0 Å². The molecule has 0 aliphatic carbocycles. The third kappa shape index (κ3) is 3.51. The van der Waals surface area contributed by atoms with E-state index < -0.39 is 0 Å². The number of hydrogen-bond acceptors (Lipinski definition) is 2. The highest BCUT2D eigenvalue weighted by atomic mass is 79.9. The minimum atomic E-state index is 0.392. The summed E-state index contributed by atoms with van der Waals surface area (Å²) in [4.78, 5) is 2.52. The van der Waals surface area contributed by atoms with Crippen molar-refractivity contribution >= 4 is 21.6 Å². The van der Waals surface area contributed by atoms with Gasteiger partial charge in [0.1, 0.15) is 0 Å². The van der Waals surface area contributed by atoms with Crippen LogP contribution in [0.1, 0.15) is 45.2 Å². The fourth-order valence-corrected chi connectivity index (χ4v) is 3.49. The van der Waals surface area contributed by atoms with E-state index in [0.29, 0.717) is 11.5 Å². The first-order valence-corrected chi connectivity index (χ1v) is 7.94. The van der Waals surface area contributed by atoms with Gasteiger partial charge in [-0.1, -0.05) is 19.9 Å². The molecule has 1 aliphatic rings. The second kappa shape index (κ2) is 5.84. The zero-order valence-corrected chi connectivity index (χ0v) is 14.0. The summed E-state index contributed by atoms with van der Waals surface area (Å²) in [6.45, 7) is 9.23. The fraction of sp³-hybridized carbons (Fsp3) is 0.625. The fourth-order valence-electron chi connectivity index (χ4n) is 2.84. The van der Waals surface area contributed by atoms with Gasteiger partial charge in [-0.3, -0.25) is 0 Å². The van der Waals surface area contributed by atoms with Gasteiger partial charge in [0.2, 0.25) is 0 Å². The minimum Gasteiger partial charge on any atom is -0.370 e. The third-order valence-corrected chi connectivity index (χ3v) is 4.78. The highest BCUT2D eigenvalue weighted by Gasteiger charge is 2.27. The Morgan fingerprint density at radius 3 is 2.68 bits per heavy atom. The van der Waals surface area contributed by atoms with Crippen LogP contribution in [0, 0.1) is 5.41 Å². The number of hydrogen-bond donors (Lipinski definition) is 1. The molecule has 1 aliphatic heterocycles. The monoisotopic (exact) mass is 324 g/mol. The van der Waals surface area contributed by atoms with Gasteiger partial charge in [0, 0.05) is 23.6 Å². The van der Waals surface area contributed by atoms with E-state index >= 15 is 0 Å². The average molecular weight is 325 g/mol. The zero-order chi connectivity index (χ0) is 14.0. The Bertz CT molecular complexity index is 442. The molecule has 3 heteroatoms. The summed E-state index contributed by atoms with van der Waals surface area (Å²) >= 11 is 3.75. The second-order valence-electron chi connectivity index (χ2n) is 6.41. The third-order valence-electron chi connectivity index (χ3n) is 4.15. The minimum absolute atomic E-state index is 0.392. The van der Waals surface area contributed by atoms with Gasteiger partial charge in [-0.15, -0.1) is 0 Å². The van der Waals surface area contributed by atoms with Gasteiger partial charge < -0.3 is 10.2 Å². The van der Waals surface area contributed by atoms with Crippen LogP contribution in [-0.2, 0) is 0 Å². The van der Waals surface area contributed by atoms with E-state index in [2.05, 4.69) is 65.1 Å². The van der Waals surface area contributed by atoms with E-state index in [1.54, 1.807) is 0 Å². The van der Waals surface area contributed by atoms with Crippen LogP contribution in [0.15, 0.2) is 22.7 Å². The van der Waals surface area contributed by atoms with E-state index in [1.165, 1.54) is 35.1 Å². The highest BCUT2D eigenvalue weighted by molar-refractivity contribution is 9.10. The number of halogens is 1. The molecule has 0 saturated carbocycles. The van der Waals surface area contributed by atoms with Crippen molar-refractivity contribution in [2.75, 3.05) is 25.0 Å². The Morgan fingerprint density at radius 2 is 2.11 bits per heavy atom. The first kappa shape index (κ1) is 14.9. The van der Waals surface area contributed by atoms with Gasteiger partial charge in [0.25, 0.3) is 0 Å². The smallest absolute Gasteiger partial charge is 0.0511 e. The summed E-state index contributed by atoms with van der Waals surface area (Å²) in [5.74, 6) is 0. The van der Waals surface area contributed by atoms with Crippen molar-refractivity contribution in [3.63, 3.8) is 0 Å². The number of rotatable bonds is 3. The Morgan fingerprint density at radius 1 is 1.37 bits per heavy atom. The topological polar surface area (TPSA) is 15.3 Å². The maximum absolute atomic E-state index is 3.75. The van der Waals surface area contributed by atoms with Crippen LogP contribution in [0.4, 0.5) is 5.69 Å². The van der Waals surface area contributed by atoms with E-state index in [4.69, 9.17) is 0 Å². The maximum atomic E-state index is 3.75. The molecule has 1 unspecified atom stereocenters. The van der Waals surface area contributed by atoms with Gasteiger partial charge in [0.05, 0.1) is 5.69 Å². The molecule has 0 bridgehead atoms. The molecule has 1 atom stereocenters. The summed E-state index contributed by atoms with van der Waals surface area (Å²) in [6, 6.07) is 7.14. The van der Waals surface area contributed by atoms with Gasteiger partial charge in [0.15, 0.2) is 0 Å². The molecule has 106 valence electrons. The molecule has 19 heavy (non-hydrogen) atoms. The lowest BCUT2D eigenvalue weighted by Gasteiger charge is -2.40. The number of nitrogens with zero attached hydrogens (tertiary/aromatic N) is 1. The molecule has 0 amide bonds. The Hall–Kier alpha value is -0.540. The second-order valence-corrected chi connectivity index (χ2v) is 7.26. The zero-order valence-electron chi connectivity index (χ0n) is 12.5. The lowest BCUT2D eigenvalue weighted by atomic mass is 9.84. The number of anilines is 1. The highest BCUT2D eigenvalue weighted by Crippen LogP contribution is 2.35. The van der Waals surface area contributed by atoms with Crippen LogP contribution in [0.2, 0.25) is 0 Å². The lowest BCUT2D eigenvalue weighted by molar-refractivity contribution is 0.293. The van der Waals surface area contributed by atoms with E-state index in [0.717, 1.165) is 6.54 Å². The number of nitrogens with one attached hydrogen (secondary N) is 1. The molecule has 2 rings (SSSR count). The predicted molar refractivity (Wildman–Crippen MR) is 86.8 cm³/mol. The van der Waals surface area contributed by atoms with Gasteiger partial charge in [-0.05, 0) is 65.9 Å². The van der Waals surface area contributed by atoms with Crippen LogP contribution in [0.5, 0.6) is 0 Å². The van der Waals surface area contributed by atoms with Crippen molar-refractivity contribution < 1.29 is 0 Å². The summed E-state index contributed by atoms with van der Waals surface area (Å²) in [5.41, 5.74) is 3.09. The van der Waals surface area contributed by atoms with E-state index in [9.17, 15) is 0 Å². The van der Waals surface area contributed by atoms with Crippen molar-refractivity contribution in [1.82, 2.24) is 5.32 Å². The van der Waals surface area contributed by atoms with E-state index in [-0.39, 0.29) is 0 Å². The molecule has 1 aromatic rings. The maximum Gasteiger partial charge on any atom is 0.0511 e. The van der Waals surface area contributed by atoms with Crippen molar-refractivity contribution in [3.8, 4) is 0 Å². The largest absolute Gasteiger partial charge is 0.370 e. The van der Waals surface area contributed by atoms with Crippen LogP contribution in [0.3, 0.4) is 0 Å². The summed E-state index contributed by atoms with van der Waals surface area (Å²) < 4.78 is 1.21. The standard InChI is InChI=1S/C16H25BrN2/c1-12(18-4)13-6-7-15(14(17)10-13)19-9-5-8-16(2,3)11-19/h6-7,10,12,18H,5,8-9,11H2,1-4H3. The molecular formula is C16H25BrN2. The normalized spacial score (nSPS) is 20.4. The molecule has 1 fully saturated rings. The Kier molecular flexibility index (Phi) is 4.57. The average Bonchev–Trinajstić information content (AvgIpc) is 2.36. The molecule has 1 saturated heterocycles. The van der Waals surface area contributed by atoms with E-state index in [1.807, 2.05) is 7.05 Å². The first-order valence-electron chi connectivity index (χ1n) is 7.14. The van der Waals surface area contributed by atoms with Gasteiger partial charge >= 0.3 is 0 Å². The SMILES string of the molecule is CNC(C)c1ccc(N2CCCC(C)(C)C2)c(Br)c1. The van der Waals surface area contributed by atoms with Gasteiger partial charge in [-0.25, -0.2) is 0 Å². The summed E-state index contributed by atoms with van der Waals surface area (Å²) in [6.07, 6.45) is 2.62. The predicted octanol–water partition coefficient (Wildman–Crippen LogP) is 4.36. The quantitative estimate of drug-likeness (QED) is 0.888.